The summed E-state index contributed by atoms with van der Waals surface area (Å²) in [5.41, 5.74) is 1.90. The van der Waals surface area contributed by atoms with Crippen molar-refractivity contribution in [2.75, 3.05) is 25.0 Å². The lowest BCUT2D eigenvalue weighted by atomic mass is 10.1. The molecule has 1 N–H and O–H groups in total. The van der Waals surface area contributed by atoms with Gasteiger partial charge in [-0.2, -0.15) is 14.6 Å². The number of amides is 1. The lowest BCUT2D eigenvalue weighted by Crippen LogP contribution is -2.27. The summed E-state index contributed by atoms with van der Waals surface area (Å²) in [5.74, 6) is 1.48. The quantitative estimate of drug-likeness (QED) is 0.699. The number of hydrogen-bond donors (Lipinski definition) is 1. The molecule has 0 spiro atoms. The Morgan fingerprint density at radius 1 is 1.29 bits per heavy atom. The summed E-state index contributed by atoms with van der Waals surface area (Å²) in [5, 5.41) is 7.07. The van der Waals surface area contributed by atoms with E-state index in [4.69, 9.17) is 0 Å². The van der Waals surface area contributed by atoms with Crippen molar-refractivity contribution in [2.45, 2.75) is 13.3 Å². The van der Waals surface area contributed by atoms with E-state index < -0.39 is 0 Å². The molecule has 0 saturated heterocycles. The summed E-state index contributed by atoms with van der Waals surface area (Å²) >= 11 is 0. The van der Waals surface area contributed by atoms with E-state index in [9.17, 15) is 4.79 Å². The van der Waals surface area contributed by atoms with Crippen molar-refractivity contribution < 1.29 is 4.79 Å². The highest BCUT2D eigenvalue weighted by Gasteiger charge is 2.12. The fourth-order valence-corrected chi connectivity index (χ4v) is 2.52. The van der Waals surface area contributed by atoms with Gasteiger partial charge in [0.05, 0.1) is 5.69 Å². The van der Waals surface area contributed by atoms with Gasteiger partial charge in [-0.15, -0.1) is 0 Å². The zero-order valence-corrected chi connectivity index (χ0v) is 13.8. The van der Waals surface area contributed by atoms with E-state index in [-0.39, 0.29) is 5.91 Å². The number of carbonyl (C=O) groups is 1. The highest BCUT2D eigenvalue weighted by molar-refractivity contribution is 5.72. The Morgan fingerprint density at radius 2 is 2.08 bits per heavy atom. The lowest BCUT2D eigenvalue weighted by Gasteiger charge is -2.20. The lowest BCUT2D eigenvalue weighted by molar-refractivity contribution is -0.118. The van der Waals surface area contributed by atoms with Gasteiger partial charge in [0.2, 0.25) is 5.91 Å². The van der Waals surface area contributed by atoms with Gasteiger partial charge in [-0.05, 0) is 6.42 Å². The molecule has 0 fully saturated rings. The summed E-state index contributed by atoms with van der Waals surface area (Å²) in [6.07, 6.45) is 2.35. The molecule has 0 aliphatic carbocycles. The van der Waals surface area contributed by atoms with Gasteiger partial charge in [-0.3, -0.25) is 4.79 Å². The van der Waals surface area contributed by atoms with Crippen LogP contribution >= 0.6 is 0 Å². The Kier molecular flexibility index (Phi) is 4.69. The van der Waals surface area contributed by atoms with E-state index in [1.54, 1.807) is 4.52 Å². The number of rotatable bonds is 6. The molecule has 3 aromatic rings. The molecule has 0 radical (unpaired) electrons. The maximum atomic E-state index is 10.9. The number of anilines is 1. The van der Waals surface area contributed by atoms with Gasteiger partial charge in [0, 0.05) is 38.7 Å². The molecule has 1 amide bonds. The van der Waals surface area contributed by atoms with E-state index >= 15 is 0 Å². The second-order valence-corrected chi connectivity index (χ2v) is 5.60. The Balaban J connectivity index is 1.86. The SMILES string of the molecule is CC(=O)NCCCN(C)c1cc(-c2ccccc2)nc2ncnn12. The molecular weight excluding hydrogens is 304 g/mol. The van der Waals surface area contributed by atoms with E-state index in [0.717, 1.165) is 30.0 Å². The van der Waals surface area contributed by atoms with Gasteiger partial charge in [-0.25, -0.2) is 4.98 Å². The summed E-state index contributed by atoms with van der Waals surface area (Å²) in [4.78, 5) is 21.8. The van der Waals surface area contributed by atoms with Crippen LogP contribution in [0, 0.1) is 0 Å². The fourth-order valence-electron chi connectivity index (χ4n) is 2.52. The normalized spacial score (nSPS) is 10.8. The van der Waals surface area contributed by atoms with Gasteiger partial charge in [0.1, 0.15) is 12.1 Å². The minimum Gasteiger partial charge on any atom is -0.359 e. The predicted molar refractivity (Wildman–Crippen MR) is 92.8 cm³/mol. The molecule has 2 heterocycles. The Bertz CT molecular complexity index is 829. The van der Waals surface area contributed by atoms with Gasteiger partial charge in [0.15, 0.2) is 0 Å². The molecule has 0 aliphatic rings. The van der Waals surface area contributed by atoms with Gasteiger partial charge < -0.3 is 10.2 Å². The maximum Gasteiger partial charge on any atom is 0.254 e. The van der Waals surface area contributed by atoms with E-state index in [0.29, 0.717) is 12.3 Å². The second-order valence-electron chi connectivity index (χ2n) is 5.60. The summed E-state index contributed by atoms with van der Waals surface area (Å²) < 4.78 is 1.73. The van der Waals surface area contributed by atoms with Crippen LogP contribution in [-0.4, -0.2) is 45.6 Å². The third-order valence-electron chi connectivity index (χ3n) is 3.74. The van der Waals surface area contributed by atoms with Crippen molar-refractivity contribution in [3.8, 4) is 11.3 Å². The number of aromatic nitrogens is 4. The van der Waals surface area contributed by atoms with E-state index in [1.807, 2.05) is 43.4 Å². The highest BCUT2D eigenvalue weighted by Crippen LogP contribution is 2.23. The third kappa shape index (κ3) is 3.51. The average Bonchev–Trinajstić information content (AvgIpc) is 3.06. The topological polar surface area (TPSA) is 75.4 Å². The monoisotopic (exact) mass is 324 g/mol. The van der Waals surface area contributed by atoms with Crippen molar-refractivity contribution >= 4 is 17.5 Å². The van der Waals surface area contributed by atoms with Crippen LogP contribution in [0.15, 0.2) is 42.7 Å². The molecule has 3 rings (SSSR count). The van der Waals surface area contributed by atoms with Crippen LogP contribution < -0.4 is 10.2 Å². The van der Waals surface area contributed by atoms with E-state index in [2.05, 4.69) is 25.3 Å². The first-order valence-electron chi connectivity index (χ1n) is 7.87. The molecule has 7 nitrogen and oxygen atoms in total. The van der Waals surface area contributed by atoms with Crippen LogP contribution in [0.5, 0.6) is 0 Å². The molecule has 7 heteroatoms. The van der Waals surface area contributed by atoms with Crippen molar-refractivity contribution in [3.05, 3.63) is 42.7 Å². The maximum absolute atomic E-state index is 10.9. The first-order valence-corrected chi connectivity index (χ1v) is 7.87. The summed E-state index contributed by atoms with van der Waals surface area (Å²) in [6.45, 7) is 2.96. The summed E-state index contributed by atoms with van der Waals surface area (Å²) in [7, 11) is 2.00. The van der Waals surface area contributed by atoms with Crippen LogP contribution in [0.4, 0.5) is 5.82 Å². The molecule has 0 atom stereocenters. The molecule has 1 aromatic carbocycles. The number of nitrogens with zero attached hydrogens (tertiary/aromatic N) is 5. The first kappa shape index (κ1) is 15.9. The van der Waals surface area contributed by atoms with Crippen LogP contribution in [0.1, 0.15) is 13.3 Å². The second kappa shape index (κ2) is 7.08. The molecule has 0 aliphatic heterocycles. The molecule has 0 unspecified atom stereocenters. The van der Waals surface area contributed by atoms with E-state index in [1.165, 1.54) is 13.3 Å². The molecule has 0 bridgehead atoms. The standard InChI is InChI=1S/C17H20N6O/c1-13(24)18-9-6-10-22(2)16-11-15(14-7-4-3-5-8-14)21-17-19-12-20-23(16)17/h3-5,7-8,11-12H,6,9-10H2,1-2H3,(H,18,24). The molecule has 24 heavy (non-hydrogen) atoms. The molecular formula is C17H20N6O. The number of nitrogens with one attached hydrogen (secondary N) is 1. The van der Waals surface area contributed by atoms with Crippen molar-refractivity contribution in [1.29, 1.82) is 0 Å². The average molecular weight is 324 g/mol. The zero-order valence-electron chi connectivity index (χ0n) is 13.8. The molecule has 0 saturated carbocycles. The predicted octanol–water partition coefficient (Wildman–Crippen LogP) is 1.75. The van der Waals surface area contributed by atoms with Crippen LogP contribution in [0.25, 0.3) is 17.0 Å². The minimum absolute atomic E-state index is 0.00778. The number of carbonyl (C=O) groups excluding carboxylic acids is 1. The van der Waals surface area contributed by atoms with Crippen LogP contribution in [0.2, 0.25) is 0 Å². The molecule has 124 valence electrons. The van der Waals surface area contributed by atoms with Crippen LogP contribution in [0.3, 0.4) is 0 Å². The smallest absolute Gasteiger partial charge is 0.254 e. The van der Waals surface area contributed by atoms with Gasteiger partial charge >= 0.3 is 0 Å². The highest BCUT2D eigenvalue weighted by atomic mass is 16.1. The fraction of sp³-hybridized carbons (Fsp3) is 0.294. The van der Waals surface area contributed by atoms with Crippen molar-refractivity contribution in [3.63, 3.8) is 0 Å². The number of benzene rings is 1. The first-order chi connectivity index (χ1) is 11.6. The largest absolute Gasteiger partial charge is 0.359 e. The zero-order chi connectivity index (χ0) is 16.9. The summed E-state index contributed by atoms with van der Waals surface area (Å²) in [6, 6.07) is 12.0. The minimum atomic E-state index is -0.00778. The Labute approximate surface area is 140 Å². The number of fused-ring (bicyclic) bond motifs is 1. The third-order valence-corrected chi connectivity index (χ3v) is 3.74. The number of hydrogen-bond acceptors (Lipinski definition) is 5. The molecule has 2 aromatic heterocycles. The van der Waals surface area contributed by atoms with Crippen molar-refractivity contribution in [2.24, 2.45) is 0 Å². The Morgan fingerprint density at radius 3 is 2.83 bits per heavy atom. The van der Waals surface area contributed by atoms with Crippen molar-refractivity contribution in [1.82, 2.24) is 24.9 Å². The van der Waals surface area contributed by atoms with Gasteiger partial charge in [-0.1, -0.05) is 30.3 Å². The Hall–Kier alpha value is -2.96. The van der Waals surface area contributed by atoms with Crippen LogP contribution in [-0.2, 0) is 4.79 Å². The van der Waals surface area contributed by atoms with Gasteiger partial charge in [0.25, 0.3) is 5.78 Å².